The highest BCUT2D eigenvalue weighted by Crippen LogP contribution is 2.37. The van der Waals surface area contributed by atoms with Crippen LogP contribution in [0.3, 0.4) is 0 Å². The molecule has 0 bridgehead atoms. The fourth-order valence-electron chi connectivity index (χ4n) is 2.17. The quantitative estimate of drug-likeness (QED) is 0.692. The molecule has 0 radical (unpaired) electrons. The van der Waals surface area contributed by atoms with Crippen molar-refractivity contribution >= 4 is 10.8 Å². The molecule has 2 heterocycles. The second kappa shape index (κ2) is 3.86. The number of rotatable bonds is 0. The molecule has 1 spiro atoms. The Morgan fingerprint density at radius 1 is 1.19 bits per heavy atom. The van der Waals surface area contributed by atoms with Gasteiger partial charge in [-0.1, -0.05) is 18.2 Å². The van der Waals surface area contributed by atoms with Crippen molar-refractivity contribution < 1.29 is 13.7 Å². The third kappa shape index (κ3) is 1.76. The van der Waals surface area contributed by atoms with Gasteiger partial charge in [-0.25, -0.2) is 0 Å². The maximum atomic E-state index is 11.3. The molecule has 0 amide bonds. The molecule has 0 N–H and O–H groups in total. The molecule has 1 aromatic carbocycles. The summed E-state index contributed by atoms with van der Waals surface area (Å²) in [6.45, 7) is 0.600. The topological polar surface area (TPSA) is 35.5 Å². The van der Waals surface area contributed by atoms with Crippen LogP contribution < -0.4 is 4.74 Å². The molecule has 3 nitrogen and oxygen atoms in total. The lowest BCUT2D eigenvalue weighted by atomic mass is 10.1. The van der Waals surface area contributed by atoms with Crippen LogP contribution in [-0.2, 0) is 22.1 Å². The Bertz CT molecular complexity index is 420. The molecule has 2 aliphatic rings. The van der Waals surface area contributed by atoms with Crippen molar-refractivity contribution in [3.63, 3.8) is 0 Å². The summed E-state index contributed by atoms with van der Waals surface area (Å²) in [5.74, 6) is 1.77. The summed E-state index contributed by atoms with van der Waals surface area (Å²) in [6.07, 6.45) is 1.46. The minimum absolute atomic E-state index is 0.512. The molecule has 1 fully saturated rings. The molecule has 0 saturated carbocycles. The Kier molecular flexibility index (Phi) is 2.48. The van der Waals surface area contributed by atoms with Gasteiger partial charge in [0.05, 0.1) is 6.61 Å². The minimum atomic E-state index is -0.686. The van der Waals surface area contributed by atoms with Crippen LogP contribution in [-0.4, -0.2) is 21.5 Å². The average molecular weight is 238 g/mol. The third-order valence-electron chi connectivity index (χ3n) is 3.18. The number of fused-ring (bicyclic) bond motifs is 1. The van der Waals surface area contributed by atoms with Crippen LogP contribution in [0, 0.1) is 0 Å². The van der Waals surface area contributed by atoms with E-state index in [-0.39, 0.29) is 0 Å². The Labute approximate surface area is 97.2 Å². The molecule has 1 aromatic rings. The van der Waals surface area contributed by atoms with E-state index >= 15 is 0 Å². The van der Waals surface area contributed by atoms with Crippen LogP contribution in [0.4, 0.5) is 0 Å². The number of hydrogen-bond acceptors (Lipinski definition) is 3. The first kappa shape index (κ1) is 10.3. The Hall–Kier alpha value is -0.870. The monoisotopic (exact) mass is 238 g/mol. The van der Waals surface area contributed by atoms with E-state index in [0.29, 0.717) is 18.1 Å². The standard InChI is InChI=1S/C12H14O3S/c13-16-7-5-12(6-8-16)14-9-10-3-1-2-4-11(10)15-12/h1-4H,5-9H2. The minimum Gasteiger partial charge on any atom is -0.462 e. The molecule has 0 aliphatic carbocycles. The lowest BCUT2D eigenvalue weighted by Crippen LogP contribution is -2.47. The fourth-order valence-corrected chi connectivity index (χ4v) is 3.46. The Balaban J connectivity index is 1.84. The fraction of sp³-hybridized carbons (Fsp3) is 0.500. The van der Waals surface area contributed by atoms with Crippen molar-refractivity contribution in [3.8, 4) is 5.75 Å². The highest BCUT2D eigenvalue weighted by Gasteiger charge is 2.40. The molecular formula is C12H14O3S. The summed E-state index contributed by atoms with van der Waals surface area (Å²) in [6, 6.07) is 7.95. The SMILES string of the molecule is O=S1CCC2(CC1)OCc1ccccc1O2. The van der Waals surface area contributed by atoms with Gasteiger partial charge in [0.25, 0.3) is 0 Å². The average Bonchev–Trinajstić information content (AvgIpc) is 2.33. The molecule has 1 saturated heterocycles. The Morgan fingerprint density at radius 3 is 2.75 bits per heavy atom. The zero-order valence-corrected chi connectivity index (χ0v) is 9.79. The number of benzene rings is 1. The summed E-state index contributed by atoms with van der Waals surface area (Å²) >= 11 is 0. The van der Waals surface area contributed by atoms with E-state index < -0.39 is 16.6 Å². The molecule has 0 atom stereocenters. The van der Waals surface area contributed by atoms with E-state index in [4.69, 9.17) is 9.47 Å². The predicted octanol–water partition coefficient (Wildman–Crippen LogP) is 1.83. The van der Waals surface area contributed by atoms with Crippen LogP contribution in [0.15, 0.2) is 24.3 Å². The van der Waals surface area contributed by atoms with Crippen molar-refractivity contribution in [1.82, 2.24) is 0 Å². The molecule has 0 unspecified atom stereocenters. The molecular weight excluding hydrogens is 224 g/mol. The van der Waals surface area contributed by atoms with Crippen molar-refractivity contribution in [2.24, 2.45) is 0 Å². The third-order valence-corrected chi connectivity index (χ3v) is 4.50. The first-order chi connectivity index (χ1) is 7.77. The van der Waals surface area contributed by atoms with Gasteiger partial charge in [0, 0.05) is 40.7 Å². The van der Waals surface area contributed by atoms with E-state index in [9.17, 15) is 4.21 Å². The van der Waals surface area contributed by atoms with Gasteiger partial charge in [-0.2, -0.15) is 0 Å². The van der Waals surface area contributed by atoms with Crippen LogP contribution in [0.2, 0.25) is 0 Å². The van der Waals surface area contributed by atoms with Crippen molar-refractivity contribution in [2.45, 2.75) is 25.2 Å². The van der Waals surface area contributed by atoms with E-state index in [2.05, 4.69) is 0 Å². The van der Waals surface area contributed by atoms with Crippen LogP contribution >= 0.6 is 0 Å². The molecule has 86 valence electrons. The summed E-state index contributed by atoms with van der Waals surface area (Å²) in [7, 11) is -0.686. The van der Waals surface area contributed by atoms with Gasteiger partial charge in [-0.05, 0) is 6.07 Å². The highest BCUT2D eigenvalue weighted by molar-refractivity contribution is 7.85. The highest BCUT2D eigenvalue weighted by atomic mass is 32.2. The summed E-state index contributed by atoms with van der Waals surface area (Å²) in [5, 5.41) is 0. The van der Waals surface area contributed by atoms with Gasteiger partial charge in [-0.3, -0.25) is 4.21 Å². The summed E-state index contributed by atoms with van der Waals surface area (Å²) < 4.78 is 23.1. The van der Waals surface area contributed by atoms with Crippen molar-refractivity contribution in [2.75, 3.05) is 11.5 Å². The Morgan fingerprint density at radius 2 is 1.94 bits per heavy atom. The molecule has 0 aromatic heterocycles. The van der Waals surface area contributed by atoms with Gasteiger partial charge in [0.15, 0.2) is 0 Å². The second-order valence-corrected chi connectivity index (χ2v) is 5.95. The second-order valence-electron chi connectivity index (χ2n) is 4.26. The molecule has 2 aliphatic heterocycles. The van der Waals surface area contributed by atoms with Gasteiger partial charge in [0.1, 0.15) is 5.75 Å². The first-order valence-corrected chi connectivity index (χ1v) is 7.02. The van der Waals surface area contributed by atoms with Crippen LogP contribution in [0.25, 0.3) is 0 Å². The van der Waals surface area contributed by atoms with E-state index in [1.165, 1.54) is 0 Å². The molecule has 3 rings (SSSR count). The van der Waals surface area contributed by atoms with Gasteiger partial charge < -0.3 is 9.47 Å². The van der Waals surface area contributed by atoms with Crippen molar-refractivity contribution in [1.29, 1.82) is 0 Å². The van der Waals surface area contributed by atoms with Gasteiger partial charge in [0.2, 0.25) is 5.79 Å². The van der Waals surface area contributed by atoms with Gasteiger partial charge >= 0.3 is 0 Å². The van der Waals surface area contributed by atoms with E-state index in [1.807, 2.05) is 24.3 Å². The maximum Gasteiger partial charge on any atom is 0.212 e. The van der Waals surface area contributed by atoms with Crippen LogP contribution in [0.5, 0.6) is 5.75 Å². The zero-order valence-electron chi connectivity index (χ0n) is 8.98. The predicted molar refractivity (Wildman–Crippen MR) is 61.7 cm³/mol. The van der Waals surface area contributed by atoms with E-state index in [0.717, 1.165) is 24.2 Å². The van der Waals surface area contributed by atoms with Crippen molar-refractivity contribution in [3.05, 3.63) is 29.8 Å². The zero-order chi connectivity index (χ0) is 11.0. The van der Waals surface area contributed by atoms with Gasteiger partial charge in [-0.15, -0.1) is 0 Å². The molecule has 16 heavy (non-hydrogen) atoms. The smallest absolute Gasteiger partial charge is 0.212 e. The maximum absolute atomic E-state index is 11.3. The van der Waals surface area contributed by atoms with Crippen LogP contribution in [0.1, 0.15) is 18.4 Å². The summed E-state index contributed by atoms with van der Waals surface area (Å²) in [5.41, 5.74) is 1.10. The number of hydrogen-bond donors (Lipinski definition) is 0. The lowest BCUT2D eigenvalue weighted by Gasteiger charge is -2.40. The van der Waals surface area contributed by atoms with E-state index in [1.54, 1.807) is 0 Å². The largest absolute Gasteiger partial charge is 0.462 e. The molecule has 4 heteroatoms. The normalized spacial score (nSPS) is 33.1. The number of para-hydroxylation sites is 1. The first-order valence-electron chi connectivity index (χ1n) is 5.53. The number of ether oxygens (including phenoxy) is 2. The lowest BCUT2D eigenvalue weighted by molar-refractivity contribution is -0.209. The summed E-state index contributed by atoms with van der Waals surface area (Å²) in [4.78, 5) is 0.